The van der Waals surface area contributed by atoms with E-state index < -0.39 is 0 Å². The minimum atomic E-state index is -0.200. The van der Waals surface area contributed by atoms with Crippen LogP contribution in [-0.4, -0.2) is 37.6 Å². The molecule has 1 atom stereocenters. The highest BCUT2D eigenvalue weighted by Gasteiger charge is 2.18. The number of nitrogens with one attached hydrogen (secondary N) is 1. The maximum atomic E-state index is 11.9. The summed E-state index contributed by atoms with van der Waals surface area (Å²) in [5.41, 5.74) is 5.41. The number of benzene rings is 2. The number of ether oxygens (including phenoxy) is 1. The first-order valence-corrected chi connectivity index (χ1v) is 8.24. The van der Waals surface area contributed by atoms with Crippen molar-refractivity contribution in [2.75, 3.05) is 20.7 Å². The molecule has 0 fully saturated rings. The molecule has 1 amide bonds. The quantitative estimate of drug-likeness (QED) is 0.890. The Morgan fingerprint density at radius 2 is 1.84 bits per heavy atom. The van der Waals surface area contributed by atoms with Gasteiger partial charge in [-0.1, -0.05) is 23.7 Å². The zero-order chi connectivity index (χ0) is 17.8. The number of hydrogen-bond donors (Lipinski definition) is 1. The summed E-state index contributed by atoms with van der Waals surface area (Å²) in [5.74, 6) is 0.651. The summed E-state index contributed by atoms with van der Waals surface area (Å²) in [6.45, 7) is 0.366. The van der Waals surface area contributed by atoms with Gasteiger partial charge in [0.1, 0.15) is 18.5 Å². The lowest BCUT2D eigenvalue weighted by atomic mass is 10.1. The first kappa shape index (κ1) is 17.3. The summed E-state index contributed by atoms with van der Waals surface area (Å²) >= 11 is 5.90. The summed E-state index contributed by atoms with van der Waals surface area (Å²) < 4.78 is 5.73. The number of nitrogens with zero attached hydrogens (tertiary/aromatic N) is 1. The minimum absolute atomic E-state index is 0.0367. The Morgan fingerprint density at radius 1 is 1.16 bits per heavy atom. The third kappa shape index (κ3) is 4.32. The van der Waals surface area contributed by atoms with Crippen molar-refractivity contribution >= 4 is 23.2 Å². The molecule has 0 aliphatic carbocycles. The van der Waals surface area contributed by atoms with Gasteiger partial charge in [0.05, 0.1) is 5.70 Å². The third-order valence-electron chi connectivity index (χ3n) is 3.75. The van der Waals surface area contributed by atoms with Crippen LogP contribution < -0.4 is 10.2 Å². The fourth-order valence-electron chi connectivity index (χ4n) is 2.39. The molecule has 25 heavy (non-hydrogen) atoms. The van der Waals surface area contributed by atoms with Gasteiger partial charge in [-0.25, -0.2) is 0 Å². The van der Waals surface area contributed by atoms with Crippen LogP contribution in [0.15, 0.2) is 54.6 Å². The number of amides is 1. The van der Waals surface area contributed by atoms with E-state index in [1.54, 1.807) is 38.4 Å². The van der Waals surface area contributed by atoms with E-state index in [1.807, 2.05) is 30.3 Å². The second-order valence-corrected chi connectivity index (χ2v) is 6.32. The molecule has 0 aromatic heterocycles. The fraction of sp³-hybridized carbons (Fsp3) is 0.211. The van der Waals surface area contributed by atoms with Crippen molar-refractivity contribution in [3.8, 4) is 5.75 Å². The molecule has 2 aromatic carbocycles. The van der Waals surface area contributed by atoms with Crippen molar-refractivity contribution in [3.05, 3.63) is 70.8 Å². The molecule has 0 bridgehead atoms. The summed E-state index contributed by atoms with van der Waals surface area (Å²) in [6.07, 6.45) is 1.77. The van der Waals surface area contributed by atoms with Crippen molar-refractivity contribution in [1.82, 2.24) is 10.4 Å². The Hall–Kier alpha value is -2.50. The molecule has 0 saturated heterocycles. The van der Waals surface area contributed by atoms with E-state index in [-0.39, 0.29) is 12.0 Å². The first-order chi connectivity index (χ1) is 12.0. The molecule has 1 aliphatic rings. The van der Waals surface area contributed by atoms with Crippen molar-refractivity contribution in [1.29, 1.82) is 0 Å². The van der Waals surface area contributed by atoms with Crippen LogP contribution in [0.5, 0.6) is 5.75 Å². The fourth-order valence-corrected chi connectivity index (χ4v) is 2.52. The summed E-state index contributed by atoms with van der Waals surface area (Å²) in [6, 6.07) is 14.6. The topological polar surface area (TPSA) is 50.8 Å². The second-order valence-electron chi connectivity index (χ2n) is 5.88. The van der Waals surface area contributed by atoms with Crippen LogP contribution in [0.1, 0.15) is 15.9 Å². The molecule has 3 rings (SSSR count). The van der Waals surface area contributed by atoms with Crippen LogP contribution in [0.25, 0.3) is 5.70 Å². The molecule has 1 heterocycles. The highest BCUT2D eigenvalue weighted by atomic mass is 35.5. The van der Waals surface area contributed by atoms with Crippen LogP contribution in [-0.2, 0) is 4.84 Å². The van der Waals surface area contributed by atoms with E-state index in [4.69, 9.17) is 21.2 Å². The lowest BCUT2D eigenvalue weighted by Crippen LogP contribution is -2.21. The monoisotopic (exact) mass is 358 g/mol. The van der Waals surface area contributed by atoms with Crippen molar-refractivity contribution in [2.45, 2.75) is 6.10 Å². The van der Waals surface area contributed by atoms with Gasteiger partial charge in [-0.3, -0.25) is 15.1 Å². The van der Waals surface area contributed by atoms with Gasteiger partial charge in [0, 0.05) is 24.7 Å². The SMILES string of the molecule is CN(C)C(=O)c1ccc(OC[C@H]2C=C(c3ccc(Cl)cc3)NO2)cc1. The van der Waals surface area contributed by atoms with Crippen LogP contribution >= 0.6 is 11.6 Å². The summed E-state index contributed by atoms with van der Waals surface area (Å²) in [7, 11) is 3.45. The van der Waals surface area contributed by atoms with E-state index in [9.17, 15) is 4.79 Å². The van der Waals surface area contributed by atoms with E-state index in [0.717, 1.165) is 11.3 Å². The lowest BCUT2D eigenvalue weighted by Gasteiger charge is -2.12. The van der Waals surface area contributed by atoms with Gasteiger partial charge in [-0.2, -0.15) is 0 Å². The van der Waals surface area contributed by atoms with E-state index in [0.29, 0.717) is 22.9 Å². The smallest absolute Gasteiger partial charge is 0.253 e. The van der Waals surface area contributed by atoms with E-state index in [2.05, 4.69) is 5.48 Å². The zero-order valence-corrected chi connectivity index (χ0v) is 14.8. The predicted molar refractivity (Wildman–Crippen MR) is 97.4 cm³/mol. The molecule has 1 aliphatic heterocycles. The molecule has 0 radical (unpaired) electrons. The number of halogens is 1. The molecule has 0 saturated carbocycles. The normalized spacial score (nSPS) is 16.1. The number of carbonyl (C=O) groups is 1. The number of rotatable bonds is 5. The van der Waals surface area contributed by atoms with Gasteiger partial charge < -0.3 is 9.64 Å². The molecular weight excluding hydrogens is 340 g/mol. The van der Waals surface area contributed by atoms with Crippen molar-refractivity contribution in [2.24, 2.45) is 0 Å². The Labute approximate surface area is 151 Å². The molecule has 0 spiro atoms. The standard InChI is InChI=1S/C19H19ClN2O3/c1-22(2)19(23)14-5-9-16(10-6-14)24-12-17-11-18(21-25-17)13-3-7-15(20)8-4-13/h3-11,17,21H,12H2,1-2H3/t17-/m1/s1. The van der Waals surface area contributed by atoms with Gasteiger partial charge in [0.25, 0.3) is 5.91 Å². The van der Waals surface area contributed by atoms with Crippen LogP contribution in [0, 0.1) is 0 Å². The zero-order valence-electron chi connectivity index (χ0n) is 14.0. The van der Waals surface area contributed by atoms with Crippen molar-refractivity contribution < 1.29 is 14.4 Å². The largest absolute Gasteiger partial charge is 0.490 e. The average Bonchev–Trinajstić information content (AvgIpc) is 3.09. The molecule has 2 aromatic rings. The molecule has 1 N–H and O–H groups in total. The first-order valence-electron chi connectivity index (χ1n) is 7.87. The van der Waals surface area contributed by atoms with Gasteiger partial charge in [0.15, 0.2) is 0 Å². The maximum Gasteiger partial charge on any atom is 0.253 e. The Kier molecular flexibility index (Phi) is 5.26. The summed E-state index contributed by atoms with van der Waals surface area (Å²) in [4.78, 5) is 18.9. The lowest BCUT2D eigenvalue weighted by molar-refractivity contribution is 0.0235. The minimum Gasteiger partial charge on any atom is -0.490 e. The average molecular weight is 359 g/mol. The van der Waals surface area contributed by atoms with Gasteiger partial charge in [-0.15, -0.1) is 0 Å². The molecule has 6 heteroatoms. The Morgan fingerprint density at radius 3 is 2.48 bits per heavy atom. The van der Waals surface area contributed by atoms with Gasteiger partial charge in [-0.05, 0) is 48.0 Å². The number of hydroxylamine groups is 1. The van der Waals surface area contributed by atoms with Gasteiger partial charge in [0.2, 0.25) is 0 Å². The Balaban J connectivity index is 1.57. The van der Waals surface area contributed by atoms with Crippen molar-refractivity contribution in [3.63, 3.8) is 0 Å². The molecule has 5 nitrogen and oxygen atoms in total. The number of carbonyl (C=O) groups excluding carboxylic acids is 1. The highest BCUT2D eigenvalue weighted by Crippen LogP contribution is 2.21. The van der Waals surface area contributed by atoms with E-state index >= 15 is 0 Å². The van der Waals surface area contributed by atoms with E-state index in [1.165, 1.54) is 4.90 Å². The van der Waals surface area contributed by atoms with Crippen LogP contribution in [0.4, 0.5) is 0 Å². The molecule has 130 valence electrons. The third-order valence-corrected chi connectivity index (χ3v) is 4.00. The predicted octanol–water partition coefficient (Wildman–Crippen LogP) is 3.37. The molecule has 0 unspecified atom stereocenters. The number of hydrogen-bond acceptors (Lipinski definition) is 4. The summed E-state index contributed by atoms with van der Waals surface area (Å²) in [5, 5.41) is 0.694. The van der Waals surface area contributed by atoms with Gasteiger partial charge >= 0.3 is 0 Å². The second kappa shape index (κ2) is 7.59. The van der Waals surface area contributed by atoms with Crippen LogP contribution in [0.3, 0.4) is 0 Å². The highest BCUT2D eigenvalue weighted by molar-refractivity contribution is 6.30. The maximum absolute atomic E-state index is 11.9. The molecular formula is C19H19ClN2O3. The Bertz CT molecular complexity index is 770. The van der Waals surface area contributed by atoms with Crippen LogP contribution in [0.2, 0.25) is 5.02 Å².